The van der Waals surface area contributed by atoms with Gasteiger partial charge >= 0.3 is 0 Å². The third kappa shape index (κ3) is 2.17. The Morgan fingerprint density at radius 3 is 3.25 bits per heavy atom. The van der Waals surface area contributed by atoms with E-state index in [4.69, 9.17) is 0 Å². The minimum Gasteiger partial charge on any atom is -0.298 e. The Hall–Kier alpha value is -1.24. The van der Waals surface area contributed by atoms with E-state index in [2.05, 4.69) is 14.8 Å². The van der Waals surface area contributed by atoms with Crippen LogP contribution >= 0.6 is 11.3 Å². The Bertz CT molecular complexity index is 679. The molecule has 5 nitrogen and oxygen atoms in total. The highest BCUT2D eigenvalue weighted by Gasteiger charge is 2.30. The fraction of sp³-hybridized carbons (Fsp3) is 0.571. The van der Waals surface area contributed by atoms with Gasteiger partial charge in [-0.15, -0.1) is 11.3 Å². The maximum absolute atomic E-state index is 12.0. The van der Waals surface area contributed by atoms with Gasteiger partial charge in [0.1, 0.15) is 0 Å². The topological polar surface area (TPSA) is 40.9 Å². The molecular weight excluding hydrogens is 272 g/mol. The Balaban J connectivity index is 1.54. The predicted octanol–water partition coefficient (Wildman–Crippen LogP) is 1.04. The van der Waals surface area contributed by atoms with Gasteiger partial charge in [0.25, 0.3) is 5.56 Å². The lowest BCUT2D eigenvalue weighted by atomic mass is 10.1. The van der Waals surface area contributed by atoms with Gasteiger partial charge in [0.05, 0.1) is 5.69 Å². The van der Waals surface area contributed by atoms with E-state index in [0.717, 1.165) is 42.9 Å². The molecule has 0 spiro atoms. The van der Waals surface area contributed by atoms with Crippen LogP contribution in [0, 0.1) is 0 Å². The number of hydrogen-bond donors (Lipinski definition) is 0. The predicted molar refractivity (Wildman–Crippen MR) is 79.2 cm³/mol. The van der Waals surface area contributed by atoms with Crippen LogP contribution in [0.4, 0.5) is 0 Å². The summed E-state index contributed by atoms with van der Waals surface area (Å²) in [6.07, 6.45) is 4.44. The SMILES string of the molecule is O=c1cc(CN2CCN3CCCC3C2)nc2sccn12. The van der Waals surface area contributed by atoms with E-state index < -0.39 is 0 Å². The van der Waals surface area contributed by atoms with Gasteiger partial charge in [0.15, 0.2) is 4.96 Å². The van der Waals surface area contributed by atoms with Crippen LogP contribution in [0.25, 0.3) is 4.96 Å². The zero-order valence-electron chi connectivity index (χ0n) is 11.4. The fourth-order valence-electron chi connectivity index (χ4n) is 3.40. The van der Waals surface area contributed by atoms with Crippen molar-refractivity contribution in [3.05, 3.63) is 33.7 Å². The molecule has 20 heavy (non-hydrogen) atoms. The van der Waals surface area contributed by atoms with E-state index in [9.17, 15) is 4.79 Å². The van der Waals surface area contributed by atoms with Crippen LogP contribution in [0.15, 0.2) is 22.4 Å². The zero-order valence-corrected chi connectivity index (χ0v) is 12.2. The minimum atomic E-state index is 0.0331. The van der Waals surface area contributed by atoms with E-state index in [0.29, 0.717) is 0 Å². The van der Waals surface area contributed by atoms with Crippen molar-refractivity contribution >= 4 is 16.3 Å². The average Bonchev–Trinajstić information content (AvgIpc) is 3.06. The zero-order chi connectivity index (χ0) is 13.5. The molecule has 4 heterocycles. The maximum Gasteiger partial charge on any atom is 0.258 e. The molecule has 2 fully saturated rings. The van der Waals surface area contributed by atoms with Gasteiger partial charge in [-0.05, 0) is 19.4 Å². The molecule has 1 unspecified atom stereocenters. The lowest BCUT2D eigenvalue weighted by Crippen LogP contribution is -2.49. The molecule has 2 aliphatic rings. The Morgan fingerprint density at radius 2 is 2.30 bits per heavy atom. The molecule has 0 N–H and O–H groups in total. The molecule has 0 bridgehead atoms. The molecule has 4 rings (SSSR count). The van der Waals surface area contributed by atoms with Gasteiger partial charge in [0, 0.05) is 49.9 Å². The van der Waals surface area contributed by atoms with Crippen LogP contribution in [0.2, 0.25) is 0 Å². The standard InChI is InChI=1S/C14H18N4OS/c19-13-8-11(15-14-18(13)6-7-20-14)9-16-4-5-17-3-1-2-12(17)10-16/h6-8,12H,1-5,9-10H2. The van der Waals surface area contributed by atoms with Crippen molar-refractivity contribution in [2.75, 3.05) is 26.2 Å². The van der Waals surface area contributed by atoms with Crippen molar-refractivity contribution < 1.29 is 0 Å². The molecule has 1 atom stereocenters. The van der Waals surface area contributed by atoms with Gasteiger partial charge in [-0.1, -0.05) is 0 Å². The van der Waals surface area contributed by atoms with Gasteiger partial charge in [0.2, 0.25) is 0 Å². The largest absolute Gasteiger partial charge is 0.298 e. The molecule has 0 radical (unpaired) electrons. The highest BCUT2D eigenvalue weighted by atomic mass is 32.1. The van der Waals surface area contributed by atoms with Crippen LogP contribution in [0.3, 0.4) is 0 Å². The van der Waals surface area contributed by atoms with Gasteiger partial charge in [-0.3, -0.25) is 19.0 Å². The van der Waals surface area contributed by atoms with E-state index in [-0.39, 0.29) is 5.56 Å². The smallest absolute Gasteiger partial charge is 0.258 e. The molecule has 0 saturated carbocycles. The van der Waals surface area contributed by atoms with Crippen molar-refractivity contribution in [3.63, 3.8) is 0 Å². The third-order valence-electron chi connectivity index (χ3n) is 4.41. The fourth-order valence-corrected chi connectivity index (χ4v) is 4.14. The van der Waals surface area contributed by atoms with E-state index in [1.807, 2.05) is 5.38 Å². The molecule has 0 aromatic carbocycles. The van der Waals surface area contributed by atoms with Crippen LogP contribution < -0.4 is 5.56 Å². The second-order valence-corrected chi connectivity index (χ2v) is 6.58. The number of aromatic nitrogens is 2. The molecule has 0 aliphatic carbocycles. The number of rotatable bonds is 2. The number of thiazole rings is 1. The van der Waals surface area contributed by atoms with Crippen molar-refractivity contribution in [3.8, 4) is 0 Å². The van der Waals surface area contributed by atoms with Crippen molar-refractivity contribution in [2.24, 2.45) is 0 Å². The third-order valence-corrected chi connectivity index (χ3v) is 5.17. The van der Waals surface area contributed by atoms with Gasteiger partial charge < -0.3 is 0 Å². The molecule has 0 amide bonds. The van der Waals surface area contributed by atoms with Crippen molar-refractivity contribution in [2.45, 2.75) is 25.4 Å². The quantitative estimate of drug-likeness (QED) is 0.828. The second kappa shape index (κ2) is 4.95. The lowest BCUT2D eigenvalue weighted by molar-refractivity contribution is 0.0985. The van der Waals surface area contributed by atoms with Gasteiger partial charge in [-0.25, -0.2) is 4.98 Å². The molecular formula is C14H18N4OS. The molecule has 2 aromatic rings. The maximum atomic E-state index is 12.0. The van der Waals surface area contributed by atoms with Crippen LogP contribution in [-0.2, 0) is 6.54 Å². The number of piperazine rings is 1. The minimum absolute atomic E-state index is 0.0331. The number of hydrogen-bond acceptors (Lipinski definition) is 5. The summed E-state index contributed by atoms with van der Waals surface area (Å²) in [5.41, 5.74) is 0.939. The Morgan fingerprint density at radius 1 is 1.35 bits per heavy atom. The summed E-state index contributed by atoms with van der Waals surface area (Å²) in [5.74, 6) is 0. The monoisotopic (exact) mass is 290 g/mol. The van der Waals surface area contributed by atoms with Crippen molar-refractivity contribution in [1.29, 1.82) is 0 Å². The molecule has 106 valence electrons. The second-order valence-electron chi connectivity index (χ2n) is 5.71. The Kier molecular flexibility index (Phi) is 3.09. The van der Waals surface area contributed by atoms with E-state index in [1.165, 1.54) is 30.7 Å². The van der Waals surface area contributed by atoms with E-state index in [1.54, 1.807) is 16.7 Å². The molecule has 2 aromatic heterocycles. The summed E-state index contributed by atoms with van der Waals surface area (Å²) in [7, 11) is 0. The summed E-state index contributed by atoms with van der Waals surface area (Å²) in [4.78, 5) is 22.4. The van der Waals surface area contributed by atoms with Crippen LogP contribution in [0.1, 0.15) is 18.5 Å². The molecule has 6 heteroatoms. The number of nitrogens with zero attached hydrogens (tertiary/aromatic N) is 4. The normalized spacial score (nSPS) is 24.3. The number of fused-ring (bicyclic) bond motifs is 2. The lowest BCUT2D eigenvalue weighted by Gasteiger charge is -2.37. The highest BCUT2D eigenvalue weighted by Crippen LogP contribution is 2.22. The first-order valence-electron chi connectivity index (χ1n) is 7.22. The first-order valence-corrected chi connectivity index (χ1v) is 8.10. The molecule has 2 saturated heterocycles. The molecule has 2 aliphatic heterocycles. The summed E-state index contributed by atoms with van der Waals surface area (Å²) < 4.78 is 1.61. The van der Waals surface area contributed by atoms with Gasteiger partial charge in [-0.2, -0.15) is 0 Å². The van der Waals surface area contributed by atoms with Crippen LogP contribution in [-0.4, -0.2) is 51.4 Å². The summed E-state index contributed by atoms with van der Waals surface area (Å²) in [6.45, 7) is 5.42. The van der Waals surface area contributed by atoms with E-state index >= 15 is 0 Å². The first-order chi connectivity index (χ1) is 9.79. The summed E-state index contributed by atoms with van der Waals surface area (Å²) in [5, 5.41) is 1.91. The highest BCUT2D eigenvalue weighted by molar-refractivity contribution is 7.15. The Labute approximate surface area is 121 Å². The average molecular weight is 290 g/mol. The first kappa shape index (κ1) is 12.5. The van der Waals surface area contributed by atoms with Crippen molar-refractivity contribution in [1.82, 2.24) is 19.2 Å². The summed E-state index contributed by atoms with van der Waals surface area (Å²) in [6, 6.07) is 2.40. The summed E-state index contributed by atoms with van der Waals surface area (Å²) >= 11 is 1.52. The van der Waals surface area contributed by atoms with Crippen LogP contribution in [0.5, 0.6) is 0 Å².